The summed E-state index contributed by atoms with van der Waals surface area (Å²) in [6.07, 6.45) is 3.44. The molecular formula is C19H31ClN4S. The summed E-state index contributed by atoms with van der Waals surface area (Å²) in [5, 5.41) is 7.28. The van der Waals surface area contributed by atoms with E-state index in [0.717, 1.165) is 23.8 Å². The third kappa shape index (κ3) is 13.6. The largest absolute Gasteiger partial charge is 0.338 e. The third-order valence-corrected chi connectivity index (χ3v) is 2.85. The summed E-state index contributed by atoms with van der Waals surface area (Å²) in [6.45, 7) is 11.5. The second-order valence-electron chi connectivity index (χ2n) is 6.19. The quantitative estimate of drug-likeness (QED) is 0.622. The maximum Gasteiger partial charge on any atom is 0.149 e. The summed E-state index contributed by atoms with van der Waals surface area (Å²) in [6, 6.07) is 7.45. The SMILES string of the molecule is CC(C)S.CNCC(C)C.Cc1ccc(Nc2ncccc2Cl)cn1. The molecule has 2 N–H and O–H groups in total. The zero-order chi connectivity index (χ0) is 19.2. The zero-order valence-electron chi connectivity index (χ0n) is 16.0. The van der Waals surface area contributed by atoms with E-state index in [1.165, 1.54) is 0 Å². The van der Waals surface area contributed by atoms with Crippen LogP contribution in [-0.4, -0.2) is 28.8 Å². The molecule has 0 radical (unpaired) electrons. The van der Waals surface area contributed by atoms with Gasteiger partial charge in [0, 0.05) is 11.9 Å². The van der Waals surface area contributed by atoms with Gasteiger partial charge in [0.25, 0.3) is 0 Å². The molecular weight excluding hydrogens is 352 g/mol. The summed E-state index contributed by atoms with van der Waals surface area (Å²) < 4.78 is 0. The van der Waals surface area contributed by atoms with Gasteiger partial charge in [0.1, 0.15) is 5.82 Å². The minimum atomic E-state index is 0.528. The second-order valence-corrected chi connectivity index (χ2v) is 7.63. The van der Waals surface area contributed by atoms with Gasteiger partial charge < -0.3 is 10.6 Å². The van der Waals surface area contributed by atoms with Gasteiger partial charge in [-0.3, -0.25) is 4.98 Å². The number of thiol groups is 1. The minimum Gasteiger partial charge on any atom is -0.338 e. The fraction of sp³-hybridized carbons (Fsp3) is 0.474. The highest BCUT2D eigenvalue weighted by Gasteiger charge is 2.00. The van der Waals surface area contributed by atoms with Gasteiger partial charge in [-0.25, -0.2) is 4.98 Å². The lowest BCUT2D eigenvalue weighted by molar-refractivity contribution is 0.595. The molecule has 0 aliphatic heterocycles. The van der Waals surface area contributed by atoms with E-state index >= 15 is 0 Å². The van der Waals surface area contributed by atoms with Gasteiger partial charge in [-0.05, 0) is 55.9 Å². The van der Waals surface area contributed by atoms with Crippen LogP contribution in [0.1, 0.15) is 33.4 Å². The van der Waals surface area contributed by atoms with Crippen molar-refractivity contribution in [2.75, 3.05) is 18.9 Å². The molecule has 25 heavy (non-hydrogen) atoms. The fourth-order valence-electron chi connectivity index (χ4n) is 1.56. The Balaban J connectivity index is 0.000000481. The molecule has 2 aromatic heterocycles. The van der Waals surface area contributed by atoms with Crippen molar-refractivity contribution in [2.24, 2.45) is 5.92 Å². The Bertz CT molecular complexity index is 571. The van der Waals surface area contributed by atoms with E-state index in [2.05, 4.69) is 47.1 Å². The first-order valence-corrected chi connectivity index (χ1v) is 9.28. The van der Waals surface area contributed by atoms with Crippen molar-refractivity contribution in [3.8, 4) is 0 Å². The highest BCUT2D eigenvalue weighted by Crippen LogP contribution is 2.21. The van der Waals surface area contributed by atoms with Crippen LogP contribution >= 0.6 is 24.2 Å². The first-order valence-electron chi connectivity index (χ1n) is 8.39. The standard InChI is InChI=1S/C11H10ClN3.C5H13N.C3H8S/c1-8-4-5-9(7-14-8)15-11-10(12)3-2-6-13-11;1-5(2)4-6-3;1-3(2)4/h2-7H,1H3,(H,13,15);5-6H,4H2,1-3H3;3-4H,1-2H3. The van der Waals surface area contributed by atoms with Crippen LogP contribution in [0.5, 0.6) is 0 Å². The molecule has 0 bridgehead atoms. The lowest BCUT2D eigenvalue weighted by Crippen LogP contribution is -2.12. The summed E-state index contributed by atoms with van der Waals surface area (Å²) in [7, 11) is 1.97. The Morgan fingerprint density at radius 1 is 1.12 bits per heavy atom. The molecule has 4 nitrogen and oxygen atoms in total. The molecule has 0 aliphatic carbocycles. The van der Waals surface area contributed by atoms with Gasteiger partial charge in [0.05, 0.1) is 16.9 Å². The molecule has 0 atom stereocenters. The normalized spacial score (nSPS) is 9.84. The molecule has 0 fully saturated rings. The van der Waals surface area contributed by atoms with Gasteiger partial charge in [-0.15, -0.1) is 0 Å². The summed E-state index contributed by atoms with van der Waals surface area (Å²) in [5.74, 6) is 1.43. The number of pyridine rings is 2. The van der Waals surface area contributed by atoms with Crippen LogP contribution in [0.2, 0.25) is 5.02 Å². The van der Waals surface area contributed by atoms with Crippen LogP contribution in [0.15, 0.2) is 36.7 Å². The van der Waals surface area contributed by atoms with Crippen molar-refractivity contribution in [1.82, 2.24) is 15.3 Å². The first-order chi connectivity index (χ1) is 11.8. The summed E-state index contributed by atoms with van der Waals surface area (Å²) in [4.78, 5) is 8.30. The van der Waals surface area contributed by atoms with E-state index in [-0.39, 0.29) is 0 Å². The van der Waals surface area contributed by atoms with Crippen molar-refractivity contribution < 1.29 is 0 Å². The molecule has 0 spiro atoms. The Kier molecular flexibility index (Phi) is 13.2. The van der Waals surface area contributed by atoms with Crippen molar-refractivity contribution in [2.45, 2.75) is 39.9 Å². The molecule has 2 aromatic rings. The molecule has 0 saturated carbocycles. The van der Waals surface area contributed by atoms with E-state index in [9.17, 15) is 0 Å². The van der Waals surface area contributed by atoms with Crippen molar-refractivity contribution >= 4 is 35.7 Å². The number of hydrogen-bond acceptors (Lipinski definition) is 5. The number of hydrogen-bond donors (Lipinski definition) is 3. The lowest BCUT2D eigenvalue weighted by Gasteiger charge is -2.06. The number of nitrogens with one attached hydrogen (secondary N) is 2. The Hall–Kier alpha value is -1.30. The Morgan fingerprint density at radius 2 is 1.76 bits per heavy atom. The van der Waals surface area contributed by atoms with Crippen LogP contribution in [0.25, 0.3) is 0 Å². The molecule has 0 aromatic carbocycles. The van der Waals surface area contributed by atoms with Crippen molar-refractivity contribution in [1.29, 1.82) is 0 Å². The third-order valence-electron chi connectivity index (χ3n) is 2.54. The summed E-state index contributed by atoms with van der Waals surface area (Å²) in [5.41, 5.74) is 1.86. The van der Waals surface area contributed by atoms with Gasteiger partial charge in [-0.2, -0.15) is 12.6 Å². The minimum absolute atomic E-state index is 0.528. The highest BCUT2D eigenvalue weighted by atomic mass is 35.5. The molecule has 0 saturated heterocycles. The van der Waals surface area contributed by atoms with E-state index in [4.69, 9.17) is 11.6 Å². The molecule has 0 aliphatic rings. The fourth-order valence-corrected chi connectivity index (χ4v) is 1.73. The zero-order valence-corrected chi connectivity index (χ0v) is 17.7. The monoisotopic (exact) mass is 382 g/mol. The average molecular weight is 383 g/mol. The van der Waals surface area contributed by atoms with E-state index in [0.29, 0.717) is 16.1 Å². The Labute approximate surface area is 163 Å². The number of rotatable bonds is 4. The molecule has 2 rings (SSSR count). The molecule has 6 heteroatoms. The highest BCUT2D eigenvalue weighted by molar-refractivity contribution is 7.80. The van der Waals surface area contributed by atoms with E-state index in [1.54, 1.807) is 24.5 Å². The van der Waals surface area contributed by atoms with Gasteiger partial charge in [-0.1, -0.05) is 39.3 Å². The van der Waals surface area contributed by atoms with Crippen LogP contribution < -0.4 is 10.6 Å². The molecule has 2 heterocycles. The van der Waals surface area contributed by atoms with Crippen LogP contribution in [0, 0.1) is 12.8 Å². The van der Waals surface area contributed by atoms with Crippen molar-refractivity contribution in [3.05, 3.63) is 47.4 Å². The number of nitrogens with zero attached hydrogens (tertiary/aromatic N) is 2. The number of aromatic nitrogens is 2. The number of aryl methyl sites for hydroxylation is 1. The van der Waals surface area contributed by atoms with E-state index in [1.807, 2.05) is 40.0 Å². The number of anilines is 2. The molecule has 0 unspecified atom stereocenters. The second kappa shape index (κ2) is 13.9. The van der Waals surface area contributed by atoms with Crippen molar-refractivity contribution in [3.63, 3.8) is 0 Å². The average Bonchev–Trinajstić information content (AvgIpc) is 2.52. The predicted molar refractivity (Wildman–Crippen MR) is 114 cm³/mol. The predicted octanol–water partition coefficient (Wildman–Crippen LogP) is 5.37. The maximum atomic E-state index is 5.96. The lowest BCUT2D eigenvalue weighted by atomic mass is 10.2. The summed E-state index contributed by atoms with van der Waals surface area (Å²) >= 11 is 9.93. The topological polar surface area (TPSA) is 49.8 Å². The maximum absolute atomic E-state index is 5.96. The van der Waals surface area contributed by atoms with Crippen LogP contribution in [-0.2, 0) is 0 Å². The van der Waals surface area contributed by atoms with Gasteiger partial charge in [0.15, 0.2) is 0 Å². The molecule has 0 amide bonds. The van der Waals surface area contributed by atoms with Gasteiger partial charge >= 0.3 is 0 Å². The molecule has 140 valence electrons. The van der Waals surface area contributed by atoms with Gasteiger partial charge in [0.2, 0.25) is 0 Å². The smallest absolute Gasteiger partial charge is 0.149 e. The number of halogens is 1. The van der Waals surface area contributed by atoms with Crippen LogP contribution in [0.4, 0.5) is 11.5 Å². The first kappa shape index (κ1) is 23.7. The van der Waals surface area contributed by atoms with Crippen LogP contribution in [0.3, 0.4) is 0 Å². The Morgan fingerprint density at radius 3 is 2.16 bits per heavy atom. The van der Waals surface area contributed by atoms with E-state index < -0.39 is 0 Å².